The zero-order valence-electron chi connectivity index (χ0n) is 10.2. The molecule has 1 aromatic carbocycles. The maximum absolute atomic E-state index is 5.82. The predicted octanol–water partition coefficient (Wildman–Crippen LogP) is 3.82. The van der Waals surface area contributed by atoms with E-state index < -0.39 is 0 Å². The molecule has 0 aliphatic carbocycles. The first-order valence-electron chi connectivity index (χ1n) is 5.37. The quantitative estimate of drug-likeness (QED) is 0.759. The molecule has 0 amide bonds. The molecule has 2 N–H and O–H groups in total. The van der Waals surface area contributed by atoms with E-state index >= 15 is 0 Å². The first-order chi connectivity index (χ1) is 7.50. The summed E-state index contributed by atoms with van der Waals surface area (Å²) in [6, 6.07) is 8.28. The highest BCUT2D eigenvalue weighted by atomic mass is 14.6. The minimum Gasteiger partial charge on any atom is -0.399 e. The van der Waals surface area contributed by atoms with Gasteiger partial charge in [0.1, 0.15) is 0 Å². The minimum absolute atomic E-state index is 0.800. The summed E-state index contributed by atoms with van der Waals surface area (Å²) in [6.45, 7) is 10.1. The van der Waals surface area contributed by atoms with Crippen LogP contribution in [0.4, 0.5) is 0 Å². The van der Waals surface area contributed by atoms with Gasteiger partial charge in [-0.15, -0.1) is 0 Å². The summed E-state index contributed by atoms with van der Waals surface area (Å²) in [6.07, 6.45) is 3.86. The highest BCUT2D eigenvalue weighted by molar-refractivity contribution is 5.72. The fourth-order valence-corrected chi connectivity index (χ4v) is 1.30. The number of rotatable bonds is 3. The molecular weight excluding hydrogens is 194 g/mol. The number of hydrogen-bond acceptors (Lipinski definition) is 1. The van der Waals surface area contributed by atoms with Crippen LogP contribution in [-0.4, -0.2) is 0 Å². The van der Waals surface area contributed by atoms with Crippen LogP contribution in [0.15, 0.2) is 54.3 Å². The Morgan fingerprint density at radius 2 is 1.94 bits per heavy atom. The maximum Gasteiger partial charge on any atom is 0.0300 e. The molecule has 1 nitrogen and oxygen atoms in total. The number of allylic oxidation sites excluding steroid dienone is 4. The standard InChI is InChI=1S/C15H19N/c1-11(2)15(16)9-8-13(4)14-7-5-6-12(3)10-14/h5-10H,4,16H2,1-3H3/b9-8-. The molecule has 1 rings (SSSR count). The van der Waals surface area contributed by atoms with Crippen LogP contribution in [0.1, 0.15) is 25.0 Å². The second-order valence-corrected chi connectivity index (χ2v) is 4.18. The fraction of sp³-hybridized carbons (Fsp3) is 0.200. The maximum atomic E-state index is 5.82. The number of nitrogens with two attached hydrogens (primary N) is 1. The van der Waals surface area contributed by atoms with Crippen LogP contribution in [0.2, 0.25) is 0 Å². The summed E-state index contributed by atoms with van der Waals surface area (Å²) in [5.74, 6) is 0. The molecule has 16 heavy (non-hydrogen) atoms. The fourth-order valence-electron chi connectivity index (χ4n) is 1.30. The van der Waals surface area contributed by atoms with Crippen molar-refractivity contribution in [3.8, 4) is 0 Å². The van der Waals surface area contributed by atoms with E-state index in [2.05, 4.69) is 31.7 Å². The normalized spacial score (nSPS) is 10.4. The summed E-state index contributed by atoms with van der Waals surface area (Å²) in [5.41, 5.74) is 11.1. The first kappa shape index (κ1) is 12.3. The van der Waals surface area contributed by atoms with Crippen LogP contribution >= 0.6 is 0 Å². The van der Waals surface area contributed by atoms with Gasteiger partial charge in [-0.05, 0) is 38.0 Å². The van der Waals surface area contributed by atoms with Crippen molar-refractivity contribution in [2.24, 2.45) is 5.73 Å². The van der Waals surface area contributed by atoms with E-state index in [1.54, 1.807) is 0 Å². The van der Waals surface area contributed by atoms with Gasteiger partial charge in [-0.2, -0.15) is 0 Å². The zero-order valence-corrected chi connectivity index (χ0v) is 10.2. The number of aryl methyl sites for hydroxylation is 1. The molecule has 0 saturated heterocycles. The Balaban J connectivity index is 2.85. The molecule has 84 valence electrons. The summed E-state index contributed by atoms with van der Waals surface area (Å²) in [4.78, 5) is 0. The molecule has 0 bridgehead atoms. The summed E-state index contributed by atoms with van der Waals surface area (Å²) in [5, 5.41) is 0. The van der Waals surface area contributed by atoms with Crippen molar-refractivity contribution in [1.82, 2.24) is 0 Å². The molecule has 0 unspecified atom stereocenters. The van der Waals surface area contributed by atoms with Crippen molar-refractivity contribution < 1.29 is 0 Å². The Labute approximate surface area is 98.0 Å². The Bertz CT molecular complexity index is 446. The molecular formula is C15H19N. The van der Waals surface area contributed by atoms with Crippen LogP contribution in [0.3, 0.4) is 0 Å². The molecule has 0 spiro atoms. The average Bonchev–Trinajstić information content (AvgIpc) is 2.25. The lowest BCUT2D eigenvalue weighted by Gasteiger charge is -2.02. The van der Waals surface area contributed by atoms with Crippen molar-refractivity contribution in [3.63, 3.8) is 0 Å². The topological polar surface area (TPSA) is 26.0 Å². The van der Waals surface area contributed by atoms with E-state index in [1.807, 2.05) is 32.1 Å². The summed E-state index contributed by atoms with van der Waals surface area (Å²) < 4.78 is 0. The van der Waals surface area contributed by atoms with Gasteiger partial charge >= 0.3 is 0 Å². The molecule has 0 fully saturated rings. The number of hydrogen-bond donors (Lipinski definition) is 1. The molecule has 0 aliphatic rings. The van der Waals surface area contributed by atoms with Crippen LogP contribution in [0.25, 0.3) is 5.57 Å². The van der Waals surface area contributed by atoms with E-state index in [9.17, 15) is 0 Å². The van der Waals surface area contributed by atoms with Crippen molar-refractivity contribution in [3.05, 3.63) is 65.4 Å². The lowest BCUT2D eigenvalue weighted by Crippen LogP contribution is -1.95. The molecule has 0 aromatic heterocycles. The van der Waals surface area contributed by atoms with E-state index in [-0.39, 0.29) is 0 Å². The Hall–Kier alpha value is -1.76. The molecule has 0 aliphatic heterocycles. The molecule has 0 atom stereocenters. The third kappa shape index (κ3) is 3.43. The van der Waals surface area contributed by atoms with Gasteiger partial charge in [0.15, 0.2) is 0 Å². The van der Waals surface area contributed by atoms with Gasteiger partial charge in [0.25, 0.3) is 0 Å². The second-order valence-electron chi connectivity index (χ2n) is 4.18. The lowest BCUT2D eigenvalue weighted by atomic mass is 10.0. The smallest absolute Gasteiger partial charge is 0.0300 e. The van der Waals surface area contributed by atoms with Crippen LogP contribution < -0.4 is 5.73 Å². The van der Waals surface area contributed by atoms with Crippen LogP contribution in [-0.2, 0) is 0 Å². The molecule has 1 aromatic rings. The first-order valence-corrected chi connectivity index (χ1v) is 5.37. The van der Waals surface area contributed by atoms with E-state index in [1.165, 1.54) is 5.56 Å². The van der Waals surface area contributed by atoms with Gasteiger partial charge in [-0.3, -0.25) is 0 Å². The third-order valence-electron chi connectivity index (χ3n) is 2.43. The van der Waals surface area contributed by atoms with Crippen molar-refractivity contribution in [2.75, 3.05) is 0 Å². The van der Waals surface area contributed by atoms with Crippen LogP contribution in [0, 0.1) is 6.92 Å². The summed E-state index contributed by atoms with van der Waals surface area (Å²) >= 11 is 0. The molecule has 0 heterocycles. The highest BCUT2D eigenvalue weighted by Gasteiger charge is 1.95. The van der Waals surface area contributed by atoms with E-state index in [0.717, 1.165) is 22.4 Å². The highest BCUT2D eigenvalue weighted by Crippen LogP contribution is 2.15. The van der Waals surface area contributed by atoms with Gasteiger partial charge in [0, 0.05) is 5.70 Å². The number of benzene rings is 1. The Kier molecular flexibility index (Phi) is 4.12. The minimum atomic E-state index is 0.800. The van der Waals surface area contributed by atoms with Gasteiger partial charge < -0.3 is 5.73 Å². The van der Waals surface area contributed by atoms with Crippen molar-refractivity contribution >= 4 is 5.57 Å². The molecule has 0 saturated carbocycles. The van der Waals surface area contributed by atoms with Crippen molar-refractivity contribution in [2.45, 2.75) is 20.8 Å². The van der Waals surface area contributed by atoms with E-state index in [4.69, 9.17) is 5.73 Å². The monoisotopic (exact) mass is 213 g/mol. The third-order valence-corrected chi connectivity index (χ3v) is 2.43. The van der Waals surface area contributed by atoms with Gasteiger partial charge in [-0.1, -0.05) is 48.1 Å². The van der Waals surface area contributed by atoms with Crippen LogP contribution in [0.5, 0.6) is 0 Å². The van der Waals surface area contributed by atoms with E-state index in [0.29, 0.717) is 0 Å². The Morgan fingerprint density at radius 3 is 2.50 bits per heavy atom. The molecule has 1 heteroatoms. The zero-order chi connectivity index (χ0) is 12.1. The van der Waals surface area contributed by atoms with Gasteiger partial charge in [0.2, 0.25) is 0 Å². The second kappa shape index (κ2) is 5.36. The SMILES string of the molecule is C=C(/C=C\C(N)=C(C)C)c1cccc(C)c1. The lowest BCUT2D eigenvalue weighted by molar-refractivity contribution is 1.26. The average molecular weight is 213 g/mol. The summed E-state index contributed by atoms with van der Waals surface area (Å²) in [7, 11) is 0. The largest absolute Gasteiger partial charge is 0.399 e. The van der Waals surface area contributed by atoms with Gasteiger partial charge in [-0.25, -0.2) is 0 Å². The molecule has 0 radical (unpaired) electrons. The van der Waals surface area contributed by atoms with Gasteiger partial charge in [0.05, 0.1) is 0 Å². The van der Waals surface area contributed by atoms with Crippen molar-refractivity contribution in [1.29, 1.82) is 0 Å². The predicted molar refractivity (Wildman–Crippen MR) is 71.9 cm³/mol. The Morgan fingerprint density at radius 1 is 1.25 bits per heavy atom.